The first-order valence-electron chi connectivity index (χ1n) is 14.6. The molecule has 47 heavy (non-hydrogen) atoms. The van der Waals surface area contributed by atoms with E-state index in [2.05, 4.69) is 30.2 Å². The number of halogens is 7. The minimum absolute atomic E-state index is 0.0352. The van der Waals surface area contributed by atoms with Crippen molar-refractivity contribution >= 4 is 28.9 Å². The highest BCUT2D eigenvalue weighted by Gasteiger charge is 2.66. The minimum atomic E-state index is -4.56. The molecule has 2 aromatic heterocycles. The Labute approximate surface area is 260 Å². The molecule has 1 aliphatic carbocycles. The number of aromatic nitrogens is 4. The maximum atomic E-state index is 16.5. The van der Waals surface area contributed by atoms with Gasteiger partial charge in [-0.15, -0.1) is 0 Å². The largest absolute Gasteiger partial charge is 0.465 e. The first kappa shape index (κ1) is 32.5. The summed E-state index contributed by atoms with van der Waals surface area (Å²) >= 11 is 0. The molecular formula is C28H28F7N7O5. The maximum absolute atomic E-state index is 16.5. The number of benzene rings is 1. The van der Waals surface area contributed by atoms with E-state index in [0.717, 1.165) is 11.0 Å². The van der Waals surface area contributed by atoms with E-state index in [9.17, 15) is 45.8 Å². The van der Waals surface area contributed by atoms with Crippen molar-refractivity contribution in [2.75, 3.05) is 26.2 Å². The van der Waals surface area contributed by atoms with E-state index in [1.165, 1.54) is 13.0 Å². The average Bonchev–Trinajstić information content (AvgIpc) is 3.77. The van der Waals surface area contributed by atoms with Gasteiger partial charge in [-0.05, 0) is 43.3 Å². The number of nitrogens with zero attached hydrogens (tertiary/aromatic N) is 5. The Morgan fingerprint density at radius 3 is 2.23 bits per heavy atom. The van der Waals surface area contributed by atoms with Crippen LogP contribution >= 0.6 is 0 Å². The number of imidazole rings is 1. The standard InChI is InChI=1S/C28H28F7N7O5/c1-13-18(40-47-39-13)22(43)38-19(14-4-6-26(30,31)7-5-14)21-36-16-3-2-15(17(29)20(16)37-21)25(8-9-41(10-25)24(45)46)23(44)42-11-27(32,33)28(34,35)12-42/h2-3,14,19H,4-12H2,1H3,(H,36,37)(H,38,43)(H,45,46)/t19?,25-/m0/s1. The molecular weight excluding hydrogens is 647 g/mol. The van der Waals surface area contributed by atoms with Gasteiger partial charge in [0.1, 0.15) is 17.0 Å². The van der Waals surface area contributed by atoms with Crippen LogP contribution < -0.4 is 5.32 Å². The number of aryl methyl sites for hydroxylation is 1. The zero-order valence-electron chi connectivity index (χ0n) is 24.6. The van der Waals surface area contributed by atoms with Crippen molar-refractivity contribution in [2.45, 2.75) is 68.3 Å². The van der Waals surface area contributed by atoms with Gasteiger partial charge < -0.3 is 25.2 Å². The number of carbonyl (C=O) groups is 3. The molecule has 0 radical (unpaired) electrons. The van der Waals surface area contributed by atoms with Crippen molar-refractivity contribution in [3.05, 3.63) is 40.7 Å². The van der Waals surface area contributed by atoms with Crippen LogP contribution in [0.5, 0.6) is 0 Å². The molecule has 1 unspecified atom stereocenters. The Hall–Kier alpha value is -4.45. The first-order chi connectivity index (χ1) is 21.9. The monoisotopic (exact) mass is 675 g/mol. The number of alkyl halides is 6. The molecule has 0 spiro atoms. The van der Waals surface area contributed by atoms with Crippen molar-refractivity contribution in [1.29, 1.82) is 0 Å². The molecule has 2 saturated heterocycles. The van der Waals surface area contributed by atoms with Crippen LogP contribution in [-0.4, -0.2) is 97.0 Å². The predicted molar refractivity (Wildman–Crippen MR) is 145 cm³/mol. The maximum Gasteiger partial charge on any atom is 0.407 e. The Kier molecular flexibility index (Phi) is 7.65. The lowest BCUT2D eigenvalue weighted by atomic mass is 9.77. The Bertz CT molecular complexity index is 1720. The zero-order valence-corrected chi connectivity index (χ0v) is 24.6. The van der Waals surface area contributed by atoms with Gasteiger partial charge in [0.05, 0.1) is 30.1 Å². The van der Waals surface area contributed by atoms with E-state index in [0.29, 0.717) is 0 Å². The number of rotatable bonds is 6. The summed E-state index contributed by atoms with van der Waals surface area (Å²) in [4.78, 5) is 46.8. The minimum Gasteiger partial charge on any atom is -0.465 e. The second kappa shape index (κ2) is 11.1. The molecule has 0 bridgehead atoms. The van der Waals surface area contributed by atoms with Gasteiger partial charge in [-0.25, -0.2) is 27.6 Å². The number of H-pyrrole nitrogens is 1. The van der Waals surface area contributed by atoms with E-state index in [1.54, 1.807) is 0 Å². The number of fused-ring (bicyclic) bond motifs is 1. The quantitative estimate of drug-likeness (QED) is 0.324. The molecule has 2 aliphatic heterocycles. The van der Waals surface area contributed by atoms with E-state index >= 15 is 4.39 Å². The molecule has 3 fully saturated rings. The highest BCUT2D eigenvalue weighted by molar-refractivity contribution is 5.94. The summed E-state index contributed by atoms with van der Waals surface area (Å²) in [6, 6.07) is 1.34. The van der Waals surface area contributed by atoms with Crippen LogP contribution in [0.1, 0.15) is 65.7 Å². The lowest BCUT2D eigenvalue weighted by molar-refractivity contribution is -0.172. The Morgan fingerprint density at radius 1 is 1.00 bits per heavy atom. The molecule has 254 valence electrons. The normalized spacial score (nSPS) is 24.5. The Morgan fingerprint density at radius 2 is 1.66 bits per heavy atom. The first-order valence-corrected chi connectivity index (χ1v) is 14.6. The van der Waals surface area contributed by atoms with Gasteiger partial charge >= 0.3 is 17.9 Å². The molecule has 1 aromatic carbocycles. The summed E-state index contributed by atoms with van der Waals surface area (Å²) in [5, 5.41) is 19.4. The van der Waals surface area contributed by atoms with Crippen molar-refractivity contribution in [3.63, 3.8) is 0 Å². The fourth-order valence-corrected chi connectivity index (χ4v) is 6.73. The summed E-state index contributed by atoms with van der Waals surface area (Å²) < 4.78 is 105. The van der Waals surface area contributed by atoms with E-state index < -0.39 is 109 Å². The summed E-state index contributed by atoms with van der Waals surface area (Å²) in [6.45, 7) is -2.86. The van der Waals surface area contributed by atoms with Crippen molar-refractivity contribution in [2.24, 2.45) is 5.92 Å². The lowest BCUT2D eigenvalue weighted by Gasteiger charge is -2.33. The molecule has 6 rings (SSSR count). The lowest BCUT2D eigenvalue weighted by Crippen LogP contribution is -2.49. The number of likely N-dealkylation sites (tertiary alicyclic amines) is 2. The van der Waals surface area contributed by atoms with Crippen LogP contribution in [0.4, 0.5) is 35.5 Å². The fourth-order valence-electron chi connectivity index (χ4n) is 6.73. The SMILES string of the molecule is Cc1nonc1C(=O)NC(c1nc2c(F)c([C@]3(C(=O)N4CC(F)(F)C(F)(F)C4)CCN(C(=O)O)C3)ccc2[nH]1)C1CCC(F)(F)CC1. The third-order valence-corrected chi connectivity index (χ3v) is 9.36. The highest BCUT2D eigenvalue weighted by Crippen LogP contribution is 2.46. The molecule has 1 saturated carbocycles. The van der Waals surface area contributed by atoms with Gasteiger partial charge in [-0.1, -0.05) is 11.2 Å². The smallest absolute Gasteiger partial charge is 0.407 e. The van der Waals surface area contributed by atoms with Crippen LogP contribution in [0.2, 0.25) is 0 Å². The number of amides is 3. The average molecular weight is 676 g/mol. The van der Waals surface area contributed by atoms with E-state index in [-0.39, 0.29) is 47.0 Å². The summed E-state index contributed by atoms with van der Waals surface area (Å²) in [5.41, 5.74) is -2.98. The van der Waals surface area contributed by atoms with Crippen molar-refractivity contribution in [3.8, 4) is 0 Å². The number of aromatic amines is 1. The second-order valence-electron chi connectivity index (χ2n) is 12.4. The summed E-state index contributed by atoms with van der Waals surface area (Å²) in [7, 11) is 0. The number of nitrogens with one attached hydrogen (secondary N) is 2. The van der Waals surface area contributed by atoms with Crippen LogP contribution in [0.25, 0.3) is 11.0 Å². The van der Waals surface area contributed by atoms with Gasteiger partial charge in [0.2, 0.25) is 11.8 Å². The van der Waals surface area contributed by atoms with Gasteiger partial charge in [0.25, 0.3) is 5.91 Å². The van der Waals surface area contributed by atoms with Crippen molar-refractivity contribution < 1.29 is 54.9 Å². The second-order valence-corrected chi connectivity index (χ2v) is 12.4. The molecule has 4 heterocycles. The summed E-state index contributed by atoms with van der Waals surface area (Å²) in [6.07, 6.45) is -2.92. The van der Waals surface area contributed by atoms with Crippen LogP contribution in [0.15, 0.2) is 16.8 Å². The number of hydrogen-bond acceptors (Lipinski definition) is 7. The molecule has 12 nitrogen and oxygen atoms in total. The zero-order chi connectivity index (χ0) is 34.1. The van der Waals surface area contributed by atoms with Gasteiger partial charge in [0.15, 0.2) is 11.5 Å². The number of hydrogen-bond donors (Lipinski definition) is 3. The molecule has 3 aliphatic rings. The molecule has 3 N–H and O–H groups in total. The summed E-state index contributed by atoms with van der Waals surface area (Å²) in [5.74, 6) is -15.9. The fraction of sp³-hybridized carbons (Fsp3) is 0.571. The topological polar surface area (TPSA) is 158 Å². The van der Waals surface area contributed by atoms with Gasteiger partial charge in [0, 0.05) is 31.5 Å². The number of carbonyl (C=O) groups excluding carboxylic acids is 2. The number of carboxylic acid groups (broad SMARTS) is 1. The van der Waals surface area contributed by atoms with E-state index in [4.69, 9.17) is 0 Å². The highest BCUT2D eigenvalue weighted by atomic mass is 19.3. The molecule has 19 heteroatoms. The van der Waals surface area contributed by atoms with E-state index in [1.807, 2.05) is 0 Å². The van der Waals surface area contributed by atoms with Crippen molar-refractivity contribution in [1.82, 2.24) is 35.4 Å². The molecule has 3 aromatic rings. The third-order valence-electron chi connectivity index (χ3n) is 9.36. The van der Waals surface area contributed by atoms with Crippen LogP contribution in [-0.2, 0) is 10.2 Å². The molecule has 2 atom stereocenters. The third kappa shape index (κ3) is 5.52. The Balaban J connectivity index is 1.40. The van der Waals surface area contributed by atoms with Crippen LogP contribution in [0.3, 0.4) is 0 Å². The van der Waals surface area contributed by atoms with Crippen LogP contribution in [0, 0.1) is 18.7 Å². The van der Waals surface area contributed by atoms with Gasteiger partial charge in [-0.2, -0.15) is 17.6 Å². The predicted octanol–water partition coefficient (Wildman–Crippen LogP) is 4.42. The van der Waals surface area contributed by atoms with Gasteiger partial charge in [-0.3, -0.25) is 9.59 Å². The molecule has 3 amide bonds.